The Hall–Kier alpha value is -0.550. The minimum atomic E-state index is -0.0323. The zero-order valence-electron chi connectivity index (χ0n) is 7.86. The molecule has 2 nitrogen and oxygen atoms in total. The summed E-state index contributed by atoms with van der Waals surface area (Å²) in [6, 6.07) is 2.06. The smallest absolute Gasteiger partial charge is 0.107 e. The summed E-state index contributed by atoms with van der Waals surface area (Å²) in [4.78, 5) is 0. The SMILES string of the molecule is NC(C1=CCCC=C1)n1ccc(I)c1. The summed E-state index contributed by atoms with van der Waals surface area (Å²) in [6.07, 6.45) is 12.8. The molecule has 1 heterocycles. The number of rotatable bonds is 2. The number of allylic oxidation sites excluding steroid dienone is 2. The third-order valence-corrected chi connectivity index (χ3v) is 3.00. The van der Waals surface area contributed by atoms with Crippen molar-refractivity contribution in [2.75, 3.05) is 0 Å². The monoisotopic (exact) mass is 300 g/mol. The number of hydrogen-bond acceptors (Lipinski definition) is 1. The van der Waals surface area contributed by atoms with E-state index in [0.29, 0.717) is 0 Å². The van der Waals surface area contributed by atoms with Crippen LogP contribution in [0, 0.1) is 3.57 Å². The first-order valence-electron chi connectivity index (χ1n) is 4.72. The Labute approximate surface area is 97.6 Å². The van der Waals surface area contributed by atoms with E-state index in [1.165, 1.54) is 9.14 Å². The van der Waals surface area contributed by atoms with Crippen molar-refractivity contribution in [1.29, 1.82) is 0 Å². The largest absolute Gasteiger partial charge is 0.333 e. The van der Waals surface area contributed by atoms with Crippen LogP contribution in [0.3, 0.4) is 0 Å². The summed E-state index contributed by atoms with van der Waals surface area (Å²) in [5, 5.41) is 0. The Balaban J connectivity index is 2.19. The molecule has 0 spiro atoms. The van der Waals surface area contributed by atoms with Gasteiger partial charge in [0.25, 0.3) is 0 Å². The highest BCUT2D eigenvalue weighted by Crippen LogP contribution is 2.20. The first-order chi connectivity index (χ1) is 6.77. The normalized spacial score (nSPS) is 18.0. The molecule has 1 aromatic heterocycles. The van der Waals surface area contributed by atoms with Crippen molar-refractivity contribution in [3.05, 3.63) is 45.8 Å². The molecule has 0 aliphatic heterocycles. The summed E-state index contributed by atoms with van der Waals surface area (Å²) in [6.45, 7) is 0. The lowest BCUT2D eigenvalue weighted by Gasteiger charge is -2.17. The number of aromatic nitrogens is 1. The Kier molecular flexibility index (Phi) is 3.08. The molecule has 0 fully saturated rings. The van der Waals surface area contributed by atoms with E-state index in [-0.39, 0.29) is 6.17 Å². The number of hydrogen-bond donors (Lipinski definition) is 1. The van der Waals surface area contributed by atoms with E-state index in [0.717, 1.165) is 12.8 Å². The Morgan fingerprint density at radius 1 is 1.43 bits per heavy atom. The second kappa shape index (κ2) is 4.31. The van der Waals surface area contributed by atoms with Crippen molar-refractivity contribution in [1.82, 2.24) is 4.57 Å². The van der Waals surface area contributed by atoms with Gasteiger partial charge in [-0.2, -0.15) is 0 Å². The molecule has 3 heteroatoms. The van der Waals surface area contributed by atoms with Crippen molar-refractivity contribution in [2.24, 2.45) is 5.73 Å². The second-order valence-electron chi connectivity index (χ2n) is 3.41. The van der Waals surface area contributed by atoms with Crippen molar-refractivity contribution >= 4 is 22.6 Å². The molecular formula is C11H13IN2. The first-order valence-corrected chi connectivity index (χ1v) is 5.80. The predicted octanol–water partition coefficient (Wildman–Crippen LogP) is 2.83. The minimum absolute atomic E-state index is 0.0323. The Morgan fingerprint density at radius 3 is 2.86 bits per heavy atom. The lowest BCUT2D eigenvalue weighted by molar-refractivity contribution is 0.606. The van der Waals surface area contributed by atoms with Gasteiger partial charge in [-0.1, -0.05) is 18.2 Å². The van der Waals surface area contributed by atoms with Gasteiger partial charge in [0, 0.05) is 16.0 Å². The fourth-order valence-electron chi connectivity index (χ4n) is 1.58. The second-order valence-corrected chi connectivity index (χ2v) is 4.65. The third kappa shape index (κ3) is 2.09. The van der Waals surface area contributed by atoms with E-state index in [1.54, 1.807) is 0 Å². The van der Waals surface area contributed by atoms with Gasteiger partial charge in [0.2, 0.25) is 0 Å². The molecule has 2 N–H and O–H groups in total. The van der Waals surface area contributed by atoms with Crippen molar-refractivity contribution in [3.8, 4) is 0 Å². The Bertz CT molecular complexity index is 376. The van der Waals surface area contributed by atoms with Crippen LogP contribution in [0.2, 0.25) is 0 Å². The van der Waals surface area contributed by atoms with E-state index in [1.807, 2.05) is 10.8 Å². The summed E-state index contributed by atoms with van der Waals surface area (Å²) in [7, 11) is 0. The molecule has 0 saturated heterocycles. The molecule has 74 valence electrons. The maximum absolute atomic E-state index is 6.12. The molecule has 0 amide bonds. The molecule has 1 aliphatic carbocycles. The molecule has 0 saturated carbocycles. The highest BCUT2D eigenvalue weighted by molar-refractivity contribution is 14.1. The van der Waals surface area contributed by atoms with Crippen molar-refractivity contribution in [2.45, 2.75) is 19.0 Å². The van der Waals surface area contributed by atoms with Gasteiger partial charge in [0.05, 0.1) is 0 Å². The van der Waals surface area contributed by atoms with Crippen molar-refractivity contribution < 1.29 is 0 Å². The van der Waals surface area contributed by atoms with E-state index in [4.69, 9.17) is 5.73 Å². The van der Waals surface area contributed by atoms with Crippen LogP contribution in [0.15, 0.2) is 42.3 Å². The minimum Gasteiger partial charge on any atom is -0.333 e. The van der Waals surface area contributed by atoms with Crippen molar-refractivity contribution in [3.63, 3.8) is 0 Å². The molecule has 0 aromatic carbocycles. The van der Waals surface area contributed by atoms with Gasteiger partial charge in [-0.15, -0.1) is 0 Å². The fraction of sp³-hybridized carbons (Fsp3) is 0.273. The third-order valence-electron chi connectivity index (χ3n) is 2.36. The molecule has 1 aromatic rings. The van der Waals surface area contributed by atoms with Gasteiger partial charge in [0.15, 0.2) is 0 Å². The van der Waals surface area contributed by atoms with Crippen LogP contribution in [0.5, 0.6) is 0 Å². The van der Waals surface area contributed by atoms with Crippen LogP contribution in [0.4, 0.5) is 0 Å². The van der Waals surface area contributed by atoms with Gasteiger partial charge in [-0.25, -0.2) is 0 Å². The van der Waals surface area contributed by atoms with Crippen LogP contribution < -0.4 is 5.73 Å². The lowest BCUT2D eigenvalue weighted by atomic mass is 10.1. The van der Waals surface area contributed by atoms with Crippen LogP contribution >= 0.6 is 22.6 Å². The van der Waals surface area contributed by atoms with Gasteiger partial charge in [-0.3, -0.25) is 0 Å². The van der Waals surface area contributed by atoms with E-state index < -0.39 is 0 Å². The highest BCUT2D eigenvalue weighted by Gasteiger charge is 2.09. The summed E-state index contributed by atoms with van der Waals surface area (Å²) >= 11 is 2.29. The lowest BCUT2D eigenvalue weighted by Crippen LogP contribution is -2.19. The molecule has 2 rings (SSSR count). The van der Waals surface area contributed by atoms with E-state index >= 15 is 0 Å². The average molecular weight is 300 g/mol. The molecule has 1 unspecified atom stereocenters. The van der Waals surface area contributed by atoms with Gasteiger partial charge in [0.1, 0.15) is 6.17 Å². The molecule has 1 atom stereocenters. The quantitative estimate of drug-likeness (QED) is 0.837. The molecule has 0 radical (unpaired) electrons. The number of nitrogens with two attached hydrogens (primary N) is 1. The number of halogens is 1. The summed E-state index contributed by atoms with van der Waals surface area (Å²) in [5.74, 6) is 0. The van der Waals surface area contributed by atoms with Gasteiger partial charge in [-0.05, 0) is 47.1 Å². The summed E-state index contributed by atoms with van der Waals surface area (Å²) in [5.41, 5.74) is 7.33. The topological polar surface area (TPSA) is 30.9 Å². The first kappa shape index (κ1) is 9.98. The van der Waals surface area contributed by atoms with E-state index in [9.17, 15) is 0 Å². The molecule has 0 bridgehead atoms. The van der Waals surface area contributed by atoms with Gasteiger partial charge >= 0.3 is 0 Å². The Morgan fingerprint density at radius 2 is 2.29 bits per heavy atom. The van der Waals surface area contributed by atoms with E-state index in [2.05, 4.69) is 53.1 Å². The molecule has 14 heavy (non-hydrogen) atoms. The van der Waals surface area contributed by atoms with Crippen LogP contribution in [0.25, 0.3) is 0 Å². The molecular weight excluding hydrogens is 287 g/mol. The zero-order valence-corrected chi connectivity index (χ0v) is 10.0. The highest BCUT2D eigenvalue weighted by atomic mass is 127. The zero-order chi connectivity index (χ0) is 9.97. The average Bonchev–Trinajstić information content (AvgIpc) is 2.65. The standard InChI is InChI=1S/C11H13IN2/c12-10-6-7-14(8-10)11(13)9-4-2-1-3-5-9/h2,4-8,11H,1,3,13H2. The molecule has 1 aliphatic rings. The number of nitrogens with zero attached hydrogens (tertiary/aromatic N) is 1. The van der Waals surface area contributed by atoms with Crippen LogP contribution in [-0.4, -0.2) is 4.57 Å². The van der Waals surface area contributed by atoms with Gasteiger partial charge < -0.3 is 10.3 Å². The van der Waals surface area contributed by atoms with Crippen LogP contribution in [0.1, 0.15) is 19.0 Å². The summed E-state index contributed by atoms with van der Waals surface area (Å²) < 4.78 is 3.27. The maximum Gasteiger partial charge on any atom is 0.107 e. The fourth-order valence-corrected chi connectivity index (χ4v) is 2.07. The predicted molar refractivity (Wildman–Crippen MR) is 66.8 cm³/mol. The van der Waals surface area contributed by atoms with Crippen LogP contribution in [-0.2, 0) is 0 Å². The maximum atomic E-state index is 6.12.